The van der Waals surface area contributed by atoms with Crippen molar-refractivity contribution in [3.05, 3.63) is 42.5 Å². The highest BCUT2D eigenvalue weighted by Gasteiger charge is 2.47. The third-order valence-electron chi connectivity index (χ3n) is 8.12. The van der Waals surface area contributed by atoms with Gasteiger partial charge < -0.3 is 14.2 Å². The third-order valence-corrected chi connectivity index (χ3v) is 8.12. The van der Waals surface area contributed by atoms with Crippen LogP contribution in [-0.4, -0.2) is 31.0 Å². The van der Waals surface area contributed by atoms with Gasteiger partial charge in [-0.05, 0) is 88.2 Å². The molecule has 1 aromatic rings. The molecule has 202 valence electrons. The topological polar surface area (TPSA) is 27.7 Å². The van der Waals surface area contributed by atoms with Crippen molar-refractivity contribution in [2.45, 2.75) is 88.6 Å². The van der Waals surface area contributed by atoms with Crippen LogP contribution in [0.4, 0.5) is 26.3 Å². The minimum atomic E-state index is -3.49. The van der Waals surface area contributed by atoms with Crippen molar-refractivity contribution in [1.82, 2.24) is 0 Å². The highest BCUT2D eigenvalue weighted by Crippen LogP contribution is 2.46. The average Bonchev–Trinajstić information content (AvgIpc) is 2.86. The molecule has 0 N–H and O–H groups in total. The van der Waals surface area contributed by atoms with E-state index in [-0.39, 0.29) is 37.7 Å². The van der Waals surface area contributed by atoms with Crippen LogP contribution in [0.3, 0.4) is 0 Å². The van der Waals surface area contributed by atoms with Crippen molar-refractivity contribution in [3.63, 3.8) is 0 Å². The van der Waals surface area contributed by atoms with E-state index in [4.69, 9.17) is 14.2 Å². The molecule has 1 saturated heterocycles. The Morgan fingerprint density at radius 3 is 2.00 bits per heavy atom. The first-order chi connectivity index (χ1) is 17.1. The summed E-state index contributed by atoms with van der Waals surface area (Å²) >= 11 is 0. The summed E-state index contributed by atoms with van der Waals surface area (Å²) in [4.78, 5) is 0. The Labute approximate surface area is 208 Å². The molecule has 1 aromatic carbocycles. The highest BCUT2D eigenvalue weighted by atomic mass is 19.3. The van der Waals surface area contributed by atoms with Crippen LogP contribution in [0.2, 0.25) is 0 Å². The molecule has 4 rings (SSSR count). The summed E-state index contributed by atoms with van der Waals surface area (Å²) in [6.07, 6.45) is -1.88. The fourth-order valence-corrected chi connectivity index (χ4v) is 5.91. The maximum Gasteiger partial charge on any atom is 0.400 e. The van der Waals surface area contributed by atoms with Gasteiger partial charge in [-0.2, -0.15) is 17.6 Å². The van der Waals surface area contributed by atoms with E-state index in [1.54, 1.807) is 6.08 Å². The number of halogens is 6. The first-order valence-electron chi connectivity index (χ1n) is 12.9. The lowest BCUT2D eigenvalue weighted by molar-refractivity contribution is -0.326. The van der Waals surface area contributed by atoms with Gasteiger partial charge in [-0.15, -0.1) is 6.58 Å². The van der Waals surface area contributed by atoms with Gasteiger partial charge in [-0.3, -0.25) is 0 Å². The van der Waals surface area contributed by atoms with E-state index < -0.39 is 47.7 Å². The molecule has 2 saturated carbocycles. The monoisotopic (exact) mass is 520 g/mol. The maximum absolute atomic E-state index is 14.7. The molecule has 1 aliphatic heterocycles. The first-order valence-corrected chi connectivity index (χ1v) is 12.9. The van der Waals surface area contributed by atoms with E-state index in [1.807, 2.05) is 0 Å². The van der Waals surface area contributed by atoms with Gasteiger partial charge in [-0.1, -0.05) is 6.08 Å². The Morgan fingerprint density at radius 1 is 0.806 bits per heavy atom. The standard InChI is InChI=1S/C27H34F6O3/c1-2-17-3-14-25(34-16-17)27(32,33)35-21-10-6-19(7-11-21)18-4-8-20(9-5-18)26(30,31)36-22-12-13-23(28)24(29)15-22/h2,12-13,15,17-21,25H,1,3-11,14,16H2. The van der Waals surface area contributed by atoms with Gasteiger partial charge in [0.15, 0.2) is 11.6 Å². The molecule has 0 bridgehead atoms. The van der Waals surface area contributed by atoms with Gasteiger partial charge >= 0.3 is 12.2 Å². The molecule has 3 nitrogen and oxygen atoms in total. The van der Waals surface area contributed by atoms with Crippen LogP contribution in [0.15, 0.2) is 30.9 Å². The number of hydrogen-bond acceptors (Lipinski definition) is 3. The predicted octanol–water partition coefficient (Wildman–Crippen LogP) is 7.89. The third kappa shape index (κ3) is 6.57. The summed E-state index contributed by atoms with van der Waals surface area (Å²) in [5.41, 5.74) is 0. The molecule has 3 fully saturated rings. The molecule has 9 heteroatoms. The molecule has 0 amide bonds. The summed E-state index contributed by atoms with van der Waals surface area (Å²) in [5, 5.41) is 0. The number of hydrogen-bond donors (Lipinski definition) is 0. The Bertz CT molecular complexity index is 870. The second-order valence-electron chi connectivity index (χ2n) is 10.5. The summed E-state index contributed by atoms with van der Waals surface area (Å²) < 4.78 is 100. The quantitative estimate of drug-likeness (QED) is 0.258. The van der Waals surface area contributed by atoms with Gasteiger partial charge in [0.25, 0.3) is 0 Å². The van der Waals surface area contributed by atoms with E-state index in [0.29, 0.717) is 44.1 Å². The highest BCUT2D eigenvalue weighted by molar-refractivity contribution is 5.24. The molecular formula is C27H34F6O3. The van der Waals surface area contributed by atoms with Crippen molar-refractivity contribution in [2.24, 2.45) is 23.7 Å². The molecule has 0 radical (unpaired) electrons. The fraction of sp³-hybridized carbons (Fsp3) is 0.704. The zero-order valence-corrected chi connectivity index (χ0v) is 20.3. The van der Waals surface area contributed by atoms with Crippen molar-refractivity contribution in [2.75, 3.05) is 6.61 Å². The number of ether oxygens (including phenoxy) is 3. The normalized spacial score (nSPS) is 32.2. The van der Waals surface area contributed by atoms with Crippen molar-refractivity contribution >= 4 is 0 Å². The molecule has 3 aliphatic rings. The lowest BCUT2D eigenvalue weighted by Gasteiger charge is -2.40. The van der Waals surface area contributed by atoms with Crippen molar-refractivity contribution in [1.29, 1.82) is 0 Å². The van der Waals surface area contributed by atoms with E-state index >= 15 is 0 Å². The predicted molar refractivity (Wildman–Crippen MR) is 122 cm³/mol. The summed E-state index contributed by atoms with van der Waals surface area (Å²) in [6.45, 7) is 3.91. The number of alkyl halides is 4. The lowest BCUT2D eigenvalue weighted by atomic mass is 9.70. The Hall–Kier alpha value is -1.74. The number of rotatable bonds is 8. The van der Waals surface area contributed by atoms with Gasteiger partial charge in [-0.25, -0.2) is 8.78 Å². The molecular weight excluding hydrogens is 486 g/mol. The zero-order chi connectivity index (χ0) is 25.9. The average molecular weight is 521 g/mol. The van der Waals surface area contributed by atoms with E-state index in [1.165, 1.54) is 0 Å². The van der Waals surface area contributed by atoms with Crippen molar-refractivity contribution < 1.29 is 40.6 Å². The maximum atomic E-state index is 14.7. The van der Waals surface area contributed by atoms with Crippen LogP contribution >= 0.6 is 0 Å². The zero-order valence-electron chi connectivity index (χ0n) is 20.3. The molecule has 1 heterocycles. The second-order valence-corrected chi connectivity index (χ2v) is 10.5. The van der Waals surface area contributed by atoms with Crippen LogP contribution in [0, 0.1) is 35.3 Å². The summed E-state index contributed by atoms with van der Waals surface area (Å²) in [5.74, 6) is -3.15. The minimum Gasteiger partial charge on any atom is -0.432 e. The lowest BCUT2D eigenvalue weighted by Crippen LogP contribution is -2.45. The smallest absolute Gasteiger partial charge is 0.400 e. The van der Waals surface area contributed by atoms with Crippen molar-refractivity contribution in [3.8, 4) is 5.75 Å². The van der Waals surface area contributed by atoms with Crippen LogP contribution < -0.4 is 4.74 Å². The summed E-state index contributed by atoms with van der Waals surface area (Å²) in [7, 11) is 0. The summed E-state index contributed by atoms with van der Waals surface area (Å²) in [6, 6.07) is 2.37. The Morgan fingerprint density at radius 2 is 1.44 bits per heavy atom. The van der Waals surface area contributed by atoms with Crippen LogP contribution in [-0.2, 0) is 9.47 Å². The van der Waals surface area contributed by atoms with E-state index in [0.717, 1.165) is 25.0 Å². The first kappa shape index (κ1) is 27.3. The minimum absolute atomic E-state index is 0.0972. The van der Waals surface area contributed by atoms with E-state index in [9.17, 15) is 26.3 Å². The SMILES string of the molecule is C=CC1CCC(C(F)(F)OC2CCC(C3CCC(C(F)(F)Oc4ccc(F)c(F)c4)CC3)CC2)OC1. The fourth-order valence-electron chi connectivity index (χ4n) is 5.91. The van der Waals surface area contributed by atoms with Crippen LogP contribution in [0.25, 0.3) is 0 Å². The molecule has 2 atom stereocenters. The van der Waals surface area contributed by atoms with E-state index in [2.05, 4.69) is 6.58 Å². The van der Waals surface area contributed by atoms with Gasteiger partial charge in [0.2, 0.25) is 0 Å². The number of benzene rings is 1. The van der Waals surface area contributed by atoms with Gasteiger partial charge in [0, 0.05) is 12.0 Å². The molecule has 36 heavy (non-hydrogen) atoms. The van der Waals surface area contributed by atoms with Crippen LogP contribution in [0.1, 0.15) is 64.2 Å². The molecule has 0 spiro atoms. The Balaban J connectivity index is 1.21. The second kappa shape index (κ2) is 11.3. The van der Waals surface area contributed by atoms with Gasteiger partial charge in [0.1, 0.15) is 11.9 Å². The molecule has 0 aromatic heterocycles. The van der Waals surface area contributed by atoms with Crippen LogP contribution in [0.5, 0.6) is 5.75 Å². The van der Waals surface area contributed by atoms with Gasteiger partial charge in [0.05, 0.1) is 18.6 Å². The largest absolute Gasteiger partial charge is 0.432 e. The Kier molecular flexibility index (Phi) is 8.60. The molecule has 2 aliphatic carbocycles. The molecule has 2 unspecified atom stereocenters.